The molecule has 7 heteroatoms. The van der Waals surface area contributed by atoms with Gasteiger partial charge in [0, 0.05) is 12.2 Å². The fraction of sp³-hybridized carbons (Fsp3) is 0.300. The first-order chi connectivity index (χ1) is 7.87. The summed E-state index contributed by atoms with van der Waals surface area (Å²) in [6.07, 6.45) is 0. The quantitative estimate of drug-likeness (QED) is 0.565. The van der Waals surface area contributed by atoms with Crippen LogP contribution in [-0.4, -0.2) is 30.4 Å². The van der Waals surface area contributed by atoms with Gasteiger partial charge in [-0.2, -0.15) is 8.42 Å². The van der Waals surface area contributed by atoms with Crippen molar-refractivity contribution in [1.82, 2.24) is 5.32 Å². The molecule has 17 heavy (non-hydrogen) atoms. The van der Waals surface area contributed by atoms with Crippen molar-refractivity contribution in [3.63, 3.8) is 0 Å². The molecule has 0 aliphatic heterocycles. The van der Waals surface area contributed by atoms with Crippen molar-refractivity contribution in [2.24, 2.45) is 0 Å². The monoisotopic (exact) mass is 274 g/mol. The highest BCUT2D eigenvalue weighted by Crippen LogP contribution is 2.07. The Labute approximate surface area is 106 Å². The van der Waals surface area contributed by atoms with E-state index in [1.807, 2.05) is 31.2 Å². The van der Waals surface area contributed by atoms with E-state index in [0.29, 0.717) is 5.11 Å². The highest BCUT2D eigenvalue weighted by atomic mass is 32.2. The van der Waals surface area contributed by atoms with Gasteiger partial charge in [0.25, 0.3) is 10.1 Å². The molecule has 0 amide bonds. The van der Waals surface area contributed by atoms with E-state index in [9.17, 15) is 8.42 Å². The van der Waals surface area contributed by atoms with Crippen LogP contribution in [0.5, 0.6) is 0 Å². The van der Waals surface area contributed by atoms with E-state index in [2.05, 4.69) is 10.6 Å². The van der Waals surface area contributed by atoms with E-state index in [1.54, 1.807) is 0 Å². The molecule has 5 nitrogen and oxygen atoms in total. The van der Waals surface area contributed by atoms with Crippen LogP contribution < -0.4 is 10.6 Å². The zero-order valence-electron chi connectivity index (χ0n) is 9.30. The average Bonchev–Trinajstić information content (AvgIpc) is 2.19. The minimum Gasteiger partial charge on any atom is -0.361 e. The Morgan fingerprint density at radius 2 is 1.94 bits per heavy atom. The molecule has 0 fully saturated rings. The molecule has 1 rings (SSSR count). The molecule has 1 aromatic carbocycles. The van der Waals surface area contributed by atoms with Gasteiger partial charge >= 0.3 is 0 Å². The van der Waals surface area contributed by atoms with Crippen LogP contribution in [0.1, 0.15) is 5.56 Å². The summed E-state index contributed by atoms with van der Waals surface area (Å²) in [5.74, 6) is -0.372. The van der Waals surface area contributed by atoms with E-state index < -0.39 is 10.1 Å². The summed E-state index contributed by atoms with van der Waals surface area (Å²) in [4.78, 5) is 0. The number of thiocarbonyl (C=S) groups is 1. The first kappa shape index (κ1) is 13.9. The molecule has 3 N–H and O–H groups in total. The second kappa shape index (κ2) is 5.95. The standard InChI is InChI=1S/C10H14N2O3S2/c1-8-2-4-9(5-3-8)12-10(16)11-6-7-17(13,14)15/h2-5H,6-7H2,1H3,(H2,11,12,16)(H,13,14,15). The van der Waals surface area contributed by atoms with Gasteiger partial charge in [0.15, 0.2) is 5.11 Å². The van der Waals surface area contributed by atoms with Crippen LogP contribution in [0.2, 0.25) is 0 Å². The summed E-state index contributed by atoms with van der Waals surface area (Å²) in [5, 5.41) is 5.90. The zero-order chi connectivity index (χ0) is 12.9. The maximum absolute atomic E-state index is 10.5. The number of rotatable bonds is 4. The van der Waals surface area contributed by atoms with Gasteiger partial charge < -0.3 is 10.6 Å². The van der Waals surface area contributed by atoms with Crippen molar-refractivity contribution in [1.29, 1.82) is 0 Å². The van der Waals surface area contributed by atoms with Crippen LogP contribution in [0, 0.1) is 6.92 Å². The maximum atomic E-state index is 10.5. The average molecular weight is 274 g/mol. The van der Waals surface area contributed by atoms with Crippen LogP contribution >= 0.6 is 12.2 Å². The fourth-order valence-electron chi connectivity index (χ4n) is 1.11. The first-order valence-electron chi connectivity index (χ1n) is 4.93. The molecule has 1 aromatic rings. The molecular weight excluding hydrogens is 260 g/mol. The minimum atomic E-state index is -3.95. The smallest absolute Gasteiger partial charge is 0.266 e. The van der Waals surface area contributed by atoms with E-state index in [0.717, 1.165) is 11.3 Å². The highest BCUT2D eigenvalue weighted by molar-refractivity contribution is 7.85. The summed E-state index contributed by atoms with van der Waals surface area (Å²) >= 11 is 4.96. The highest BCUT2D eigenvalue weighted by Gasteiger charge is 2.04. The topological polar surface area (TPSA) is 78.4 Å². The molecule has 0 heterocycles. The first-order valence-corrected chi connectivity index (χ1v) is 6.95. The Hall–Kier alpha value is -1.18. The number of hydrogen-bond donors (Lipinski definition) is 3. The molecule has 0 spiro atoms. The van der Waals surface area contributed by atoms with Crippen LogP contribution in [0.4, 0.5) is 5.69 Å². The third-order valence-electron chi connectivity index (χ3n) is 1.96. The lowest BCUT2D eigenvalue weighted by Crippen LogP contribution is -2.32. The summed E-state index contributed by atoms with van der Waals surface area (Å²) in [5.41, 5.74) is 1.96. The van der Waals surface area contributed by atoms with Crippen LogP contribution in [0.25, 0.3) is 0 Å². The Kier molecular flexibility index (Phi) is 4.86. The Balaban J connectivity index is 2.37. The minimum absolute atomic E-state index is 0.0660. The van der Waals surface area contributed by atoms with Crippen molar-refractivity contribution in [2.75, 3.05) is 17.6 Å². The summed E-state index contributed by atoms with van der Waals surface area (Å²) in [6.45, 7) is 2.04. The second-order valence-corrected chi connectivity index (χ2v) is 5.51. The van der Waals surface area contributed by atoms with Crippen molar-refractivity contribution in [3.05, 3.63) is 29.8 Å². The van der Waals surface area contributed by atoms with Gasteiger partial charge in [-0.3, -0.25) is 4.55 Å². The predicted molar refractivity (Wildman–Crippen MR) is 71.8 cm³/mol. The van der Waals surface area contributed by atoms with Gasteiger partial charge in [0.1, 0.15) is 0 Å². The molecule has 0 aliphatic rings. The van der Waals surface area contributed by atoms with E-state index in [-0.39, 0.29) is 12.3 Å². The van der Waals surface area contributed by atoms with Gasteiger partial charge in [-0.15, -0.1) is 0 Å². The van der Waals surface area contributed by atoms with Crippen molar-refractivity contribution < 1.29 is 13.0 Å². The molecule has 0 atom stereocenters. The predicted octanol–water partition coefficient (Wildman–Crippen LogP) is 1.17. The lowest BCUT2D eigenvalue weighted by Gasteiger charge is -2.09. The number of hydrogen-bond acceptors (Lipinski definition) is 3. The summed E-state index contributed by atoms with van der Waals surface area (Å²) in [7, 11) is -3.95. The lowest BCUT2D eigenvalue weighted by molar-refractivity contribution is 0.482. The van der Waals surface area contributed by atoms with Crippen molar-refractivity contribution in [3.8, 4) is 0 Å². The second-order valence-electron chi connectivity index (χ2n) is 3.53. The Bertz CT molecular complexity index is 483. The Morgan fingerprint density at radius 1 is 1.35 bits per heavy atom. The number of anilines is 1. The fourth-order valence-corrected chi connectivity index (χ4v) is 1.69. The largest absolute Gasteiger partial charge is 0.361 e. The van der Waals surface area contributed by atoms with Gasteiger partial charge in [0.05, 0.1) is 5.75 Å². The summed E-state index contributed by atoms with van der Waals surface area (Å²) in [6, 6.07) is 7.60. The maximum Gasteiger partial charge on any atom is 0.266 e. The van der Waals surface area contributed by atoms with Gasteiger partial charge in [-0.25, -0.2) is 0 Å². The molecule has 0 saturated carbocycles. The Morgan fingerprint density at radius 3 is 2.47 bits per heavy atom. The third kappa shape index (κ3) is 6.20. The van der Waals surface area contributed by atoms with Crippen LogP contribution in [0.15, 0.2) is 24.3 Å². The molecule has 0 aliphatic carbocycles. The third-order valence-corrected chi connectivity index (χ3v) is 2.92. The number of benzene rings is 1. The number of aryl methyl sites for hydroxylation is 1. The zero-order valence-corrected chi connectivity index (χ0v) is 10.9. The van der Waals surface area contributed by atoms with E-state index in [4.69, 9.17) is 16.8 Å². The van der Waals surface area contributed by atoms with Gasteiger partial charge in [-0.1, -0.05) is 17.7 Å². The van der Waals surface area contributed by atoms with Crippen LogP contribution in [0.3, 0.4) is 0 Å². The number of nitrogens with one attached hydrogen (secondary N) is 2. The molecule has 0 aromatic heterocycles. The van der Waals surface area contributed by atoms with E-state index in [1.165, 1.54) is 0 Å². The van der Waals surface area contributed by atoms with E-state index >= 15 is 0 Å². The molecular formula is C10H14N2O3S2. The summed E-state index contributed by atoms with van der Waals surface area (Å²) < 4.78 is 29.4. The molecule has 0 radical (unpaired) electrons. The van der Waals surface area contributed by atoms with Gasteiger partial charge in [-0.05, 0) is 31.3 Å². The normalized spacial score (nSPS) is 10.9. The molecule has 0 bridgehead atoms. The van der Waals surface area contributed by atoms with Crippen LogP contribution in [-0.2, 0) is 10.1 Å². The van der Waals surface area contributed by atoms with Crippen molar-refractivity contribution in [2.45, 2.75) is 6.92 Å². The van der Waals surface area contributed by atoms with Crippen molar-refractivity contribution >= 4 is 33.1 Å². The lowest BCUT2D eigenvalue weighted by atomic mass is 10.2. The SMILES string of the molecule is Cc1ccc(NC(=S)NCCS(=O)(=O)O)cc1. The molecule has 0 unspecified atom stereocenters. The molecule has 0 saturated heterocycles. The van der Waals surface area contributed by atoms with Gasteiger partial charge in [0.2, 0.25) is 0 Å². The molecule has 94 valence electrons.